The predicted molar refractivity (Wildman–Crippen MR) is 78.4 cm³/mol. The summed E-state index contributed by atoms with van der Waals surface area (Å²) in [5.74, 6) is 0. The maximum absolute atomic E-state index is 12.5. The molecule has 108 valence electrons. The lowest BCUT2D eigenvalue weighted by Gasteiger charge is -2.09. The van der Waals surface area contributed by atoms with E-state index in [0.29, 0.717) is 6.54 Å². The van der Waals surface area contributed by atoms with Crippen LogP contribution in [0.5, 0.6) is 0 Å². The second-order valence-corrected chi connectivity index (χ2v) is 5.47. The van der Waals surface area contributed by atoms with E-state index in [2.05, 4.69) is 10.3 Å². The summed E-state index contributed by atoms with van der Waals surface area (Å²) in [6.07, 6.45) is -4.29. The van der Waals surface area contributed by atoms with Crippen LogP contribution >= 0.6 is 11.3 Å². The zero-order valence-electron chi connectivity index (χ0n) is 10.8. The highest BCUT2D eigenvalue weighted by Gasteiger charge is 2.29. The molecule has 0 atom stereocenters. The van der Waals surface area contributed by atoms with E-state index in [4.69, 9.17) is 0 Å². The van der Waals surface area contributed by atoms with Crippen molar-refractivity contribution in [1.29, 1.82) is 0 Å². The molecule has 0 aliphatic heterocycles. The highest BCUT2D eigenvalue weighted by molar-refractivity contribution is 7.16. The molecule has 2 aromatic carbocycles. The summed E-state index contributed by atoms with van der Waals surface area (Å²) in [6.45, 7) is 0.475. The number of hydrogen-bond acceptors (Lipinski definition) is 3. The Kier molecular flexibility index (Phi) is 3.55. The van der Waals surface area contributed by atoms with Crippen LogP contribution in [0, 0.1) is 0 Å². The Morgan fingerprint density at radius 2 is 1.81 bits per heavy atom. The molecular weight excluding hydrogens is 297 g/mol. The van der Waals surface area contributed by atoms with E-state index >= 15 is 0 Å². The molecular formula is C15H11F3N2S. The SMILES string of the molecule is FC(F)(F)c1ccc(CNc2ccc3ncsc3c2)cc1. The molecule has 0 aliphatic rings. The number of halogens is 3. The van der Waals surface area contributed by atoms with Crippen LogP contribution in [0.4, 0.5) is 18.9 Å². The second-order valence-electron chi connectivity index (χ2n) is 4.58. The lowest BCUT2D eigenvalue weighted by atomic mass is 10.1. The maximum atomic E-state index is 12.5. The fraction of sp³-hybridized carbons (Fsp3) is 0.133. The third kappa shape index (κ3) is 3.16. The highest BCUT2D eigenvalue weighted by Crippen LogP contribution is 2.29. The van der Waals surface area contributed by atoms with Gasteiger partial charge in [-0.05, 0) is 35.9 Å². The van der Waals surface area contributed by atoms with E-state index in [1.807, 2.05) is 18.2 Å². The number of benzene rings is 2. The molecule has 3 aromatic rings. The zero-order chi connectivity index (χ0) is 14.9. The Labute approximate surface area is 123 Å². The summed E-state index contributed by atoms with van der Waals surface area (Å²) >= 11 is 1.55. The molecule has 0 radical (unpaired) electrons. The van der Waals surface area contributed by atoms with Crippen molar-refractivity contribution in [3.63, 3.8) is 0 Å². The number of thiazole rings is 1. The van der Waals surface area contributed by atoms with Gasteiger partial charge in [-0.2, -0.15) is 13.2 Å². The van der Waals surface area contributed by atoms with Gasteiger partial charge < -0.3 is 5.32 Å². The van der Waals surface area contributed by atoms with Crippen LogP contribution in [-0.2, 0) is 12.7 Å². The first kappa shape index (κ1) is 13.9. The minimum Gasteiger partial charge on any atom is -0.381 e. The summed E-state index contributed by atoms with van der Waals surface area (Å²) in [4.78, 5) is 4.19. The third-order valence-corrected chi connectivity index (χ3v) is 3.90. The number of aromatic nitrogens is 1. The van der Waals surface area contributed by atoms with Crippen molar-refractivity contribution >= 4 is 27.2 Å². The van der Waals surface area contributed by atoms with Gasteiger partial charge in [-0.3, -0.25) is 0 Å². The van der Waals surface area contributed by atoms with Gasteiger partial charge in [0.1, 0.15) is 0 Å². The standard InChI is InChI=1S/C15H11F3N2S/c16-15(17,18)11-3-1-10(2-4-11)8-19-12-5-6-13-14(7-12)21-9-20-13/h1-7,9,19H,8H2. The molecule has 2 nitrogen and oxygen atoms in total. The van der Waals surface area contributed by atoms with Crippen molar-refractivity contribution in [1.82, 2.24) is 4.98 Å². The molecule has 1 heterocycles. The first-order valence-corrected chi connectivity index (χ1v) is 7.13. The van der Waals surface area contributed by atoms with Crippen LogP contribution in [0.1, 0.15) is 11.1 Å². The van der Waals surface area contributed by atoms with Gasteiger partial charge in [0.05, 0.1) is 21.3 Å². The number of nitrogens with one attached hydrogen (secondary N) is 1. The average molecular weight is 308 g/mol. The van der Waals surface area contributed by atoms with Gasteiger partial charge in [-0.15, -0.1) is 11.3 Å². The molecule has 1 aromatic heterocycles. The van der Waals surface area contributed by atoms with Gasteiger partial charge in [0.25, 0.3) is 0 Å². The summed E-state index contributed by atoms with van der Waals surface area (Å²) in [5.41, 5.74) is 3.82. The number of anilines is 1. The Bertz CT molecular complexity index is 747. The average Bonchev–Trinajstić information content (AvgIpc) is 2.92. The van der Waals surface area contributed by atoms with Crippen molar-refractivity contribution in [3.8, 4) is 0 Å². The molecule has 6 heteroatoms. The fourth-order valence-electron chi connectivity index (χ4n) is 1.98. The molecule has 0 spiro atoms. The largest absolute Gasteiger partial charge is 0.416 e. The zero-order valence-corrected chi connectivity index (χ0v) is 11.6. The number of fused-ring (bicyclic) bond motifs is 1. The molecule has 21 heavy (non-hydrogen) atoms. The van der Waals surface area contributed by atoms with Crippen molar-refractivity contribution < 1.29 is 13.2 Å². The molecule has 3 rings (SSSR count). The Balaban J connectivity index is 1.69. The van der Waals surface area contributed by atoms with Crippen LogP contribution in [-0.4, -0.2) is 4.98 Å². The van der Waals surface area contributed by atoms with Crippen molar-refractivity contribution in [2.45, 2.75) is 12.7 Å². The molecule has 0 saturated heterocycles. The van der Waals surface area contributed by atoms with E-state index in [1.165, 1.54) is 12.1 Å². The lowest BCUT2D eigenvalue weighted by Crippen LogP contribution is -2.05. The molecule has 0 amide bonds. The normalized spacial score (nSPS) is 11.8. The summed E-state index contributed by atoms with van der Waals surface area (Å²) in [7, 11) is 0. The van der Waals surface area contributed by atoms with Gasteiger partial charge in [0.2, 0.25) is 0 Å². The monoisotopic (exact) mass is 308 g/mol. The minimum absolute atomic E-state index is 0.475. The van der Waals surface area contributed by atoms with Gasteiger partial charge >= 0.3 is 6.18 Å². The quantitative estimate of drug-likeness (QED) is 0.742. The number of alkyl halides is 3. The second kappa shape index (κ2) is 5.37. The molecule has 0 saturated carbocycles. The van der Waals surface area contributed by atoms with Gasteiger partial charge in [-0.1, -0.05) is 12.1 Å². The first-order chi connectivity index (χ1) is 10.0. The summed E-state index contributed by atoms with van der Waals surface area (Å²) < 4.78 is 38.5. The molecule has 1 N–H and O–H groups in total. The van der Waals surface area contributed by atoms with Gasteiger partial charge in [0.15, 0.2) is 0 Å². The maximum Gasteiger partial charge on any atom is 0.416 e. The van der Waals surface area contributed by atoms with Crippen LogP contribution in [0.3, 0.4) is 0 Å². The molecule has 0 fully saturated rings. The van der Waals surface area contributed by atoms with E-state index in [1.54, 1.807) is 16.8 Å². The summed E-state index contributed by atoms with van der Waals surface area (Å²) in [5, 5.41) is 3.20. The van der Waals surface area contributed by atoms with E-state index in [0.717, 1.165) is 33.6 Å². The highest BCUT2D eigenvalue weighted by atomic mass is 32.1. The number of hydrogen-bond donors (Lipinski definition) is 1. The smallest absolute Gasteiger partial charge is 0.381 e. The number of rotatable bonds is 3. The van der Waals surface area contributed by atoms with E-state index < -0.39 is 11.7 Å². The Morgan fingerprint density at radius 1 is 1.05 bits per heavy atom. The Morgan fingerprint density at radius 3 is 2.52 bits per heavy atom. The predicted octanol–water partition coefficient (Wildman–Crippen LogP) is 4.93. The van der Waals surface area contributed by atoms with Gasteiger partial charge in [0, 0.05) is 12.2 Å². The molecule has 0 unspecified atom stereocenters. The Hall–Kier alpha value is -2.08. The van der Waals surface area contributed by atoms with E-state index in [-0.39, 0.29) is 0 Å². The van der Waals surface area contributed by atoms with Crippen molar-refractivity contribution in [3.05, 3.63) is 59.1 Å². The van der Waals surface area contributed by atoms with Crippen LogP contribution in [0.15, 0.2) is 48.0 Å². The molecule has 0 bridgehead atoms. The van der Waals surface area contributed by atoms with Gasteiger partial charge in [-0.25, -0.2) is 4.98 Å². The third-order valence-electron chi connectivity index (χ3n) is 3.11. The lowest BCUT2D eigenvalue weighted by molar-refractivity contribution is -0.137. The summed E-state index contributed by atoms with van der Waals surface area (Å²) in [6, 6.07) is 11.0. The number of nitrogens with zero attached hydrogens (tertiary/aromatic N) is 1. The fourth-order valence-corrected chi connectivity index (χ4v) is 2.70. The topological polar surface area (TPSA) is 24.9 Å². The van der Waals surface area contributed by atoms with Crippen molar-refractivity contribution in [2.24, 2.45) is 0 Å². The van der Waals surface area contributed by atoms with Crippen LogP contribution in [0.2, 0.25) is 0 Å². The van der Waals surface area contributed by atoms with Crippen LogP contribution in [0.25, 0.3) is 10.2 Å². The van der Waals surface area contributed by atoms with Crippen LogP contribution < -0.4 is 5.32 Å². The first-order valence-electron chi connectivity index (χ1n) is 6.26. The van der Waals surface area contributed by atoms with E-state index in [9.17, 15) is 13.2 Å². The van der Waals surface area contributed by atoms with Crippen molar-refractivity contribution in [2.75, 3.05) is 5.32 Å². The minimum atomic E-state index is -4.29. The molecule has 0 aliphatic carbocycles.